The molecule has 4 N–H and O–H groups in total. The number of aromatic amines is 1. The molecule has 6 nitrogen and oxygen atoms in total. The highest BCUT2D eigenvalue weighted by Gasteiger charge is 2.56. The maximum absolute atomic E-state index is 14.4. The quantitative estimate of drug-likeness (QED) is 0.290. The Kier molecular flexibility index (Phi) is 7.57. The summed E-state index contributed by atoms with van der Waals surface area (Å²) in [6.45, 7) is 5.94. The minimum Gasteiger partial charge on any atom is -0.493 e. The van der Waals surface area contributed by atoms with Crippen molar-refractivity contribution in [3.63, 3.8) is 0 Å². The third kappa shape index (κ3) is 5.64. The molecule has 0 radical (unpaired) electrons. The van der Waals surface area contributed by atoms with Crippen LogP contribution in [0.5, 0.6) is 5.75 Å². The number of pyridine rings is 1. The van der Waals surface area contributed by atoms with Gasteiger partial charge in [-0.15, -0.1) is 0 Å². The van der Waals surface area contributed by atoms with E-state index in [2.05, 4.69) is 20.6 Å². The molecular formula is C26H32ClF3N4O2. The van der Waals surface area contributed by atoms with E-state index >= 15 is 0 Å². The van der Waals surface area contributed by atoms with Gasteiger partial charge in [0.2, 0.25) is 0 Å². The summed E-state index contributed by atoms with van der Waals surface area (Å²) in [6, 6.07) is 8.62. The largest absolute Gasteiger partial charge is 0.493 e. The molecular weight excluding hydrogens is 493 g/mol. The first-order valence-corrected chi connectivity index (χ1v) is 12.4. The summed E-state index contributed by atoms with van der Waals surface area (Å²) in [5.41, 5.74) is -0.385. The second kappa shape index (κ2) is 10.2. The highest BCUT2D eigenvalue weighted by molar-refractivity contribution is 6.30. The van der Waals surface area contributed by atoms with Crippen LogP contribution < -0.4 is 15.4 Å². The minimum atomic E-state index is -4.86. The van der Waals surface area contributed by atoms with E-state index in [1.807, 2.05) is 13.1 Å². The Morgan fingerprint density at radius 1 is 1.17 bits per heavy atom. The molecule has 1 aliphatic rings. The van der Waals surface area contributed by atoms with Crippen molar-refractivity contribution in [2.75, 3.05) is 26.7 Å². The molecule has 196 valence electrons. The summed E-state index contributed by atoms with van der Waals surface area (Å²) >= 11 is 6.27. The number of rotatable bonds is 10. The molecule has 3 aromatic rings. The molecule has 0 saturated carbocycles. The number of hydrogen-bond acceptors (Lipinski definition) is 5. The maximum Gasteiger partial charge on any atom is 0.417 e. The van der Waals surface area contributed by atoms with Gasteiger partial charge in [-0.25, -0.2) is 4.98 Å². The third-order valence-corrected chi connectivity index (χ3v) is 6.89. The van der Waals surface area contributed by atoms with Crippen LogP contribution in [0.2, 0.25) is 5.02 Å². The van der Waals surface area contributed by atoms with Gasteiger partial charge in [-0.2, -0.15) is 13.2 Å². The number of fused-ring (bicyclic) bond motifs is 2. The zero-order valence-corrected chi connectivity index (χ0v) is 21.4. The Morgan fingerprint density at radius 3 is 2.67 bits per heavy atom. The Hall–Kier alpha value is -2.33. The van der Waals surface area contributed by atoms with E-state index in [-0.39, 0.29) is 5.69 Å². The van der Waals surface area contributed by atoms with E-state index in [0.29, 0.717) is 46.9 Å². The van der Waals surface area contributed by atoms with Crippen molar-refractivity contribution in [3.05, 3.63) is 57.9 Å². The standard InChI is InChI=1S/C26H32ClF3N4O2/c1-24(2,20-11-17(27)10-16-6-9-36-23(16)20)15-25(35,26(28,29)30)13-19-12-22-21(34-19)5-4-18(33-22)14-32-8-7-31-3/h4-5,10-12,31-32,34-35H,6-9,13-15H2,1-3H3. The molecule has 3 heterocycles. The number of H-pyrrole nitrogens is 1. The van der Waals surface area contributed by atoms with Crippen molar-refractivity contribution in [1.29, 1.82) is 0 Å². The first-order chi connectivity index (χ1) is 16.9. The maximum atomic E-state index is 14.4. The van der Waals surface area contributed by atoms with Gasteiger partial charge in [-0.3, -0.25) is 0 Å². The summed E-state index contributed by atoms with van der Waals surface area (Å²) in [6.07, 6.45) is -5.41. The fourth-order valence-electron chi connectivity index (χ4n) is 4.91. The number of nitrogens with one attached hydrogen (secondary N) is 3. The molecule has 36 heavy (non-hydrogen) atoms. The van der Waals surface area contributed by atoms with Gasteiger partial charge in [0.05, 0.1) is 23.3 Å². The second-order valence-electron chi connectivity index (χ2n) is 10.1. The number of aliphatic hydroxyl groups is 1. The molecule has 0 bridgehead atoms. The molecule has 10 heteroatoms. The molecule has 0 spiro atoms. The Bertz CT molecular complexity index is 1230. The summed E-state index contributed by atoms with van der Waals surface area (Å²) in [5, 5.41) is 17.8. The van der Waals surface area contributed by atoms with Crippen LogP contribution in [0.1, 0.15) is 42.8 Å². The summed E-state index contributed by atoms with van der Waals surface area (Å²) < 4.78 is 48.8. The van der Waals surface area contributed by atoms with Gasteiger partial charge in [0.1, 0.15) is 5.75 Å². The lowest BCUT2D eigenvalue weighted by atomic mass is 9.73. The molecule has 4 rings (SSSR count). The number of benzene rings is 1. The van der Waals surface area contributed by atoms with Gasteiger partial charge in [0, 0.05) is 48.8 Å². The number of hydrogen-bond donors (Lipinski definition) is 4. The van der Waals surface area contributed by atoms with Crippen LogP contribution in [0, 0.1) is 0 Å². The lowest BCUT2D eigenvalue weighted by molar-refractivity contribution is -0.266. The van der Waals surface area contributed by atoms with Crippen LogP contribution in [0.3, 0.4) is 0 Å². The molecule has 0 aliphatic carbocycles. The van der Waals surface area contributed by atoms with E-state index < -0.39 is 30.0 Å². The molecule has 0 amide bonds. The number of nitrogens with zero attached hydrogens (tertiary/aromatic N) is 1. The van der Waals surface area contributed by atoms with Gasteiger partial charge in [0.15, 0.2) is 5.60 Å². The predicted molar refractivity (Wildman–Crippen MR) is 135 cm³/mol. The van der Waals surface area contributed by atoms with Gasteiger partial charge in [-0.05, 0) is 54.8 Å². The van der Waals surface area contributed by atoms with Crippen LogP contribution in [0.15, 0.2) is 30.3 Å². The number of alkyl halides is 3. The van der Waals surface area contributed by atoms with Gasteiger partial charge < -0.3 is 25.5 Å². The highest BCUT2D eigenvalue weighted by atomic mass is 35.5. The third-order valence-electron chi connectivity index (χ3n) is 6.67. The van der Waals surface area contributed by atoms with Crippen molar-refractivity contribution >= 4 is 22.6 Å². The van der Waals surface area contributed by atoms with Crippen molar-refractivity contribution < 1.29 is 23.0 Å². The first-order valence-electron chi connectivity index (χ1n) is 12.0. The molecule has 0 saturated heterocycles. The Morgan fingerprint density at radius 2 is 1.94 bits per heavy atom. The van der Waals surface area contributed by atoms with Gasteiger partial charge in [0.25, 0.3) is 0 Å². The van der Waals surface area contributed by atoms with E-state index in [1.165, 1.54) is 0 Å². The average Bonchev–Trinajstić information content (AvgIpc) is 3.40. The van der Waals surface area contributed by atoms with E-state index in [4.69, 9.17) is 16.3 Å². The van der Waals surface area contributed by atoms with Crippen molar-refractivity contribution in [1.82, 2.24) is 20.6 Å². The Labute approximate surface area is 213 Å². The van der Waals surface area contributed by atoms with Crippen molar-refractivity contribution in [2.24, 2.45) is 0 Å². The fourth-order valence-corrected chi connectivity index (χ4v) is 5.15. The average molecular weight is 525 g/mol. The molecule has 1 atom stereocenters. The first kappa shape index (κ1) is 26.7. The molecule has 2 aromatic heterocycles. The van der Waals surface area contributed by atoms with Crippen LogP contribution in [0.4, 0.5) is 13.2 Å². The second-order valence-corrected chi connectivity index (χ2v) is 10.6. The SMILES string of the molecule is CNCCNCc1ccc2[nH]c(CC(O)(CC(C)(C)c3cc(Cl)cc4c3OCC4)C(F)(F)F)cc2n1. The minimum absolute atomic E-state index is 0.265. The molecule has 0 fully saturated rings. The lowest BCUT2D eigenvalue weighted by Gasteiger charge is -2.38. The van der Waals surface area contributed by atoms with Crippen molar-refractivity contribution in [3.8, 4) is 5.75 Å². The van der Waals surface area contributed by atoms with Gasteiger partial charge in [-0.1, -0.05) is 25.4 Å². The smallest absolute Gasteiger partial charge is 0.417 e. The van der Waals surface area contributed by atoms with Crippen LogP contribution in [0.25, 0.3) is 11.0 Å². The number of halogens is 4. The van der Waals surface area contributed by atoms with Crippen LogP contribution >= 0.6 is 11.6 Å². The van der Waals surface area contributed by atoms with Crippen molar-refractivity contribution in [2.45, 2.75) is 56.8 Å². The zero-order chi connectivity index (χ0) is 26.1. The number of ether oxygens (including phenoxy) is 1. The molecule has 1 aliphatic heterocycles. The highest BCUT2D eigenvalue weighted by Crippen LogP contribution is 2.47. The van der Waals surface area contributed by atoms with Crippen LogP contribution in [-0.4, -0.2) is 53.6 Å². The van der Waals surface area contributed by atoms with E-state index in [0.717, 1.165) is 24.3 Å². The number of likely N-dealkylation sites (N-methyl/N-ethyl adjacent to an activating group) is 1. The van der Waals surface area contributed by atoms with Gasteiger partial charge >= 0.3 is 6.18 Å². The summed E-state index contributed by atoms with van der Waals surface area (Å²) in [7, 11) is 1.87. The monoisotopic (exact) mass is 524 g/mol. The normalized spacial score (nSPS) is 15.7. The lowest BCUT2D eigenvalue weighted by Crippen LogP contribution is -2.51. The Balaban J connectivity index is 1.59. The predicted octanol–water partition coefficient (Wildman–Crippen LogP) is 4.66. The zero-order valence-electron chi connectivity index (χ0n) is 20.7. The van der Waals surface area contributed by atoms with Crippen LogP contribution in [-0.2, 0) is 24.8 Å². The van der Waals surface area contributed by atoms with E-state index in [1.54, 1.807) is 38.1 Å². The topological polar surface area (TPSA) is 82.2 Å². The summed E-state index contributed by atoms with van der Waals surface area (Å²) in [4.78, 5) is 7.55. The molecule has 1 aromatic carbocycles. The number of aromatic nitrogens is 2. The molecule has 1 unspecified atom stereocenters. The fraction of sp³-hybridized carbons (Fsp3) is 0.500. The summed E-state index contributed by atoms with van der Waals surface area (Å²) in [5.74, 6) is 0.569. The van der Waals surface area contributed by atoms with E-state index in [9.17, 15) is 18.3 Å².